The SMILES string of the molecule is CNCc1ccccc1NC(=O)c1ccc(Br)cn1. The van der Waals surface area contributed by atoms with Gasteiger partial charge in [0.25, 0.3) is 5.91 Å². The first-order valence-electron chi connectivity index (χ1n) is 5.86. The monoisotopic (exact) mass is 319 g/mol. The number of rotatable bonds is 4. The number of carbonyl (C=O) groups excluding carboxylic acids is 1. The first-order chi connectivity index (χ1) is 9.20. The largest absolute Gasteiger partial charge is 0.320 e. The van der Waals surface area contributed by atoms with Crippen molar-refractivity contribution in [2.24, 2.45) is 0 Å². The number of halogens is 1. The molecule has 0 aliphatic rings. The Balaban J connectivity index is 2.16. The summed E-state index contributed by atoms with van der Waals surface area (Å²) in [6.45, 7) is 0.699. The third-order valence-corrected chi connectivity index (χ3v) is 3.06. The third-order valence-electron chi connectivity index (χ3n) is 2.59. The summed E-state index contributed by atoms with van der Waals surface area (Å²) in [6.07, 6.45) is 1.61. The highest BCUT2D eigenvalue weighted by Crippen LogP contribution is 2.16. The lowest BCUT2D eigenvalue weighted by Crippen LogP contribution is -2.16. The average molecular weight is 320 g/mol. The van der Waals surface area contributed by atoms with E-state index in [0.717, 1.165) is 15.7 Å². The quantitative estimate of drug-likeness (QED) is 0.911. The van der Waals surface area contributed by atoms with E-state index in [1.807, 2.05) is 31.3 Å². The van der Waals surface area contributed by atoms with Gasteiger partial charge in [0, 0.05) is 22.9 Å². The summed E-state index contributed by atoms with van der Waals surface area (Å²) in [5.41, 5.74) is 2.23. The van der Waals surface area contributed by atoms with Crippen LogP contribution >= 0.6 is 15.9 Å². The first kappa shape index (κ1) is 13.7. The Morgan fingerprint density at radius 3 is 2.74 bits per heavy atom. The van der Waals surface area contributed by atoms with Crippen molar-refractivity contribution in [3.63, 3.8) is 0 Å². The normalized spacial score (nSPS) is 10.2. The maximum Gasteiger partial charge on any atom is 0.274 e. The van der Waals surface area contributed by atoms with Crippen molar-refractivity contribution in [3.05, 3.63) is 58.3 Å². The van der Waals surface area contributed by atoms with Gasteiger partial charge in [0.05, 0.1) is 0 Å². The van der Waals surface area contributed by atoms with E-state index in [-0.39, 0.29) is 5.91 Å². The Kier molecular flexibility index (Phi) is 4.65. The lowest BCUT2D eigenvalue weighted by atomic mass is 10.1. The molecule has 1 amide bonds. The van der Waals surface area contributed by atoms with E-state index in [0.29, 0.717) is 12.2 Å². The summed E-state index contributed by atoms with van der Waals surface area (Å²) in [5, 5.41) is 5.95. The van der Waals surface area contributed by atoms with E-state index in [1.54, 1.807) is 18.3 Å². The number of nitrogens with zero attached hydrogens (tertiary/aromatic N) is 1. The van der Waals surface area contributed by atoms with Crippen molar-refractivity contribution in [1.29, 1.82) is 0 Å². The predicted molar refractivity (Wildman–Crippen MR) is 79.1 cm³/mol. The van der Waals surface area contributed by atoms with Crippen LogP contribution in [0.1, 0.15) is 16.1 Å². The van der Waals surface area contributed by atoms with Crippen LogP contribution in [0.15, 0.2) is 47.1 Å². The molecule has 0 aliphatic carbocycles. The molecule has 98 valence electrons. The minimum absolute atomic E-state index is 0.212. The van der Waals surface area contributed by atoms with E-state index >= 15 is 0 Å². The van der Waals surface area contributed by atoms with E-state index in [9.17, 15) is 4.79 Å². The minimum Gasteiger partial charge on any atom is -0.320 e. The summed E-state index contributed by atoms with van der Waals surface area (Å²) in [6, 6.07) is 11.2. The molecule has 0 atom stereocenters. The van der Waals surface area contributed by atoms with Gasteiger partial charge in [-0.05, 0) is 46.7 Å². The van der Waals surface area contributed by atoms with Crippen molar-refractivity contribution in [2.75, 3.05) is 12.4 Å². The molecule has 0 fully saturated rings. The molecule has 0 bridgehead atoms. The number of hydrogen-bond donors (Lipinski definition) is 2. The van der Waals surface area contributed by atoms with E-state index in [2.05, 4.69) is 31.5 Å². The molecule has 2 N–H and O–H groups in total. The fraction of sp³-hybridized carbons (Fsp3) is 0.143. The van der Waals surface area contributed by atoms with Gasteiger partial charge >= 0.3 is 0 Å². The van der Waals surface area contributed by atoms with Gasteiger partial charge < -0.3 is 10.6 Å². The zero-order valence-corrected chi connectivity index (χ0v) is 12.1. The van der Waals surface area contributed by atoms with Crippen molar-refractivity contribution in [1.82, 2.24) is 10.3 Å². The predicted octanol–water partition coefficient (Wildman–Crippen LogP) is 2.82. The van der Waals surface area contributed by atoms with Crippen LogP contribution in [-0.4, -0.2) is 17.9 Å². The highest BCUT2D eigenvalue weighted by atomic mass is 79.9. The van der Waals surface area contributed by atoms with Gasteiger partial charge in [-0.15, -0.1) is 0 Å². The number of amides is 1. The maximum atomic E-state index is 12.1. The number of para-hydroxylation sites is 1. The fourth-order valence-electron chi connectivity index (χ4n) is 1.68. The zero-order valence-electron chi connectivity index (χ0n) is 10.5. The summed E-state index contributed by atoms with van der Waals surface area (Å²) in [4.78, 5) is 16.1. The van der Waals surface area contributed by atoms with Crippen molar-refractivity contribution in [2.45, 2.75) is 6.54 Å². The molecule has 0 spiro atoms. The maximum absolute atomic E-state index is 12.1. The Morgan fingerprint density at radius 1 is 1.26 bits per heavy atom. The number of benzene rings is 1. The molecule has 4 nitrogen and oxygen atoms in total. The highest BCUT2D eigenvalue weighted by Gasteiger charge is 2.09. The minimum atomic E-state index is -0.212. The Labute approximate surface area is 120 Å². The summed E-state index contributed by atoms with van der Waals surface area (Å²) < 4.78 is 0.847. The zero-order chi connectivity index (χ0) is 13.7. The van der Waals surface area contributed by atoms with E-state index < -0.39 is 0 Å². The molecule has 1 aromatic heterocycles. The molecule has 1 heterocycles. The molecule has 0 unspecified atom stereocenters. The smallest absolute Gasteiger partial charge is 0.274 e. The van der Waals surface area contributed by atoms with Gasteiger partial charge in [-0.1, -0.05) is 18.2 Å². The molecule has 0 aliphatic heterocycles. The Hall–Kier alpha value is -1.72. The first-order valence-corrected chi connectivity index (χ1v) is 6.65. The lowest BCUT2D eigenvalue weighted by Gasteiger charge is -2.10. The summed E-state index contributed by atoms with van der Waals surface area (Å²) in [7, 11) is 1.87. The fourth-order valence-corrected chi connectivity index (χ4v) is 1.92. The topological polar surface area (TPSA) is 54.0 Å². The number of carbonyl (C=O) groups is 1. The molecule has 0 saturated carbocycles. The van der Waals surface area contributed by atoms with E-state index in [4.69, 9.17) is 0 Å². The molecule has 0 radical (unpaired) electrons. The van der Waals surface area contributed by atoms with Crippen LogP contribution in [0.5, 0.6) is 0 Å². The highest BCUT2D eigenvalue weighted by molar-refractivity contribution is 9.10. The molecule has 2 aromatic rings. The van der Waals surface area contributed by atoms with Gasteiger partial charge in [-0.3, -0.25) is 4.79 Å². The Bertz CT molecular complexity index is 569. The second-order valence-corrected chi connectivity index (χ2v) is 4.92. The number of anilines is 1. The number of aromatic nitrogens is 1. The van der Waals surface area contributed by atoms with Crippen LogP contribution in [0.4, 0.5) is 5.69 Å². The number of hydrogen-bond acceptors (Lipinski definition) is 3. The van der Waals surface area contributed by atoms with Gasteiger partial charge in [0.15, 0.2) is 0 Å². The van der Waals surface area contributed by atoms with Crippen molar-refractivity contribution < 1.29 is 4.79 Å². The van der Waals surface area contributed by atoms with Crippen molar-refractivity contribution in [3.8, 4) is 0 Å². The second kappa shape index (κ2) is 6.45. The van der Waals surface area contributed by atoms with Crippen LogP contribution in [0.25, 0.3) is 0 Å². The van der Waals surface area contributed by atoms with Crippen LogP contribution in [0, 0.1) is 0 Å². The Morgan fingerprint density at radius 2 is 2.05 bits per heavy atom. The molecule has 1 aromatic carbocycles. The summed E-state index contributed by atoms with van der Waals surface area (Å²) in [5.74, 6) is -0.212. The number of pyridine rings is 1. The van der Waals surface area contributed by atoms with Crippen LogP contribution in [-0.2, 0) is 6.54 Å². The molecule has 0 saturated heterocycles. The third kappa shape index (κ3) is 3.62. The molecular formula is C14H14BrN3O. The van der Waals surface area contributed by atoms with Gasteiger partial charge in [0.2, 0.25) is 0 Å². The van der Waals surface area contributed by atoms with Gasteiger partial charge in [-0.2, -0.15) is 0 Å². The van der Waals surface area contributed by atoms with Crippen molar-refractivity contribution >= 4 is 27.5 Å². The molecule has 2 rings (SSSR count). The molecule has 19 heavy (non-hydrogen) atoms. The van der Waals surface area contributed by atoms with Gasteiger partial charge in [0.1, 0.15) is 5.69 Å². The standard InChI is InChI=1S/C14H14BrN3O/c1-16-8-10-4-2-3-5-12(10)18-14(19)13-7-6-11(15)9-17-13/h2-7,9,16H,8H2,1H3,(H,18,19). The van der Waals surface area contributed by atoms with Crippen LogP contribution in [0.3, 0.4) is 0 Å². The van der Waals surface area contributed by atoms with Crippen LogP contribution < -0.4 is 10.6 Å². The average Bonchev–Trinajstić information content (AvgIpc) is 2.42. The van der Waals surface area contributed by atoms with Gasteiger partial charge in [-0.25, -0.2) is 4.98 Å². The molecular weight excluding hydrogens is 306 g/mol. The lowest BCUT2D eigenvalue weighted by molar-refractivity contribution is 0.102. The molecule has 5 heteroatoms. The summed E-state index contributed by atoms with van der Waals surface area (Å²) >= 11 is 3.29. The second-order valence-electron chi connectivity index (χ2n) is 4.00. The van der Waals surface area contributed by atoms with Crippen LogP contribution in [0.2, 0.25) is 0 Å². The van der Waals surface area contributed by atoms with E-state index in [1.165, 1.54) is 0 Å². The number of nitrogens with one attached hydrogen (secondary N) is 2.